The number of methoxy groups -OCH3 is 1. The third-order valence-electron chi connectivity index (χ3n) is 1.01. The summed E-state index contributed by atoms with van der Waals surface area (Å²) in [6, 6.07) is 2.90. The summed E-state index contributed by atoms with van der Waals surface area (Å²) in [5, 5.41) is 11.6. The Morgan fingerprint density at radius 3 is 3.09 bits per heavy atom. The average Bonchev–Trinajstić information content (AvgIpc) is 2.50. The van der Waals surface area contributed by atoms with E-state index in [0.29, 0.717) is 0 Å². The summed E-state index contributed by atoms with van der Waals surface area (Å²) in [4.78, 5) is 10.7. The van der Waals surface area contributed by atoms with E-state index >= 15 is 0 Å². The van der Waals surface area contributed by atoms with E-state index in [-0.39, 0.29) is 11.5 Å². The number of carbonyl (C=O) groups is 1. The van der Waals surface area contributed by atoms with E-state index in [2.05, 4.69) is 14.4 Å². The third-order valence-corrected chi connectivity index (χ3v) is 1.01. The minimum absolute atomic E-state index is 0.00375. The second-order valence-corrected chi connectivity index (χ2v) is 1.68. The zero-order chi connectivity index (χ0) is 8.27. The monoisotopic (exact) mass is 152 g/mol. The Hall–Kier alpha value is -1.83. The maximum absolute atomic E-state index is 10.7. The van der Waals surface area contributed by atoms with Crippen molar-refractivity contribution in [3.8, 4) is 6.07 Å². The van der Waals surface area contributed by atoms with Gasteiger partial charge in [0.2, 0.25) is 5.76 Å². The summed E-state index contributed by atoms with van der Waals surface area (Å²) < 4.78 is 8.75. The standard InChI is InChI=1S/C6H4N2O3/c1-10-6(9)5-2-4(3-7)11-8-5/h2H,1H3. The molecule has 0 radical (unpaired) electrons. The predicted octanol–water partition coefficient (Wildman–Crippen LogP) is 0.333. The Kier molecular flexibility index (Phi) is 1.88. The highest BCUT2D eigenvalue weighted by atomic mass is 16.5. The number of nitriles is 1. The van der Waals surface area contributed by atoms with Gasteiger partial charge in [0.15, 0.2) is 5.69 Å². The summed E-state index contributed by atoms with van der Waals surface area (Å²) in [7, 11) is 1.23. The van der Waals surface area contributed by atoms with Crippen LogP contribution in [-0.4, -0.2) is 18.2 Å². The zero-order valence-corrected chi connectivity index (χ0v) is 5.70. The van der Waals surface area contributed by atoms with Crippen LogP contribution in [0.15, 0.2) is 10.6 Å². The van der Waals surface area contributed by atoms with Crippen molar-refractivity contribution < 1.29 is 14.1 Å². The smallest absolute Gasteiger partial charge is 0.360 e. The van der Waals surface area contributed by atoms with Gasteiger partial charge in [0.25, 0.3) is 0 Å². The van der Waals surface area contributed by atoms with E-state index in [9.17, 15) is 4.79 Å². The topological polar surface area (TPSA) is 76.1 Å². The molecule has 0 bridgehead atoms. The molecule has 0 aliphatic rings. The molecular weight excluding hydrogens is 148 g/mol. The Morgan fingerprint density at radius 2 is 2.64 bits per heavy atom. The van der Waals surface area contributed by atoms with Gasteiger partial charge in [-0.1, -0.05) is 5.16 Å². The van der Waals surface area contributed by atoms with Crippen LogP contribution in [0.5, 0.6) is 0 Å². The molecule has 0 unspecified atom stereocenters. The van der Waals surface area contributed by atoms with Crippen molar-refractivity contribution >= 4 is 5.97 Å². The van der Waals surface area contributed by atoms with Crippen LogP contribution in [0, 0.1) is 11.3 Å². The molecule has 11 heavy (non-hydrogen) atoms. The molecule has 1 rings (SSSR count). The first-order valence-corrected chi connectivity index (χ1v) is 2.73. The molecule has 0 spiro atoms. The molecule has 5 heteroatoms. The van der Waals surface area contributed by atoms with Crippen LogP contribution in [-0.2, 0) is 4.74 Å². The highest BCUT2D eigenvalue weighted by molar-refractivity contribution is 5.87. The maximum atomic E-state index is 10.7. The highest BCUT2D eigenvalue weighted by Gasteiger charge is 2.11. The van der Waals surface area contributed by atoms with Gasteiger partial charge in [0, 0.05) is 6.07 Å². The van der Waals surface area contributed by atoms with Gasteiger partial charge in [-0.25, -0.2) is 4.79 Å². The fourth-order valence-corrected chi connectivity index (χ4v) is 0.529. The first-order valence-electron chi connectivity index (χ1n) is 2.73. The molecule has 0 saturated carbocycles. The molecule has 1 aromatic heterocycles. The molecule has 1 heterocycles. The molecule has 1 aromatic rings. The second kappa shape index (κ2) is 2.84. The number of nitrogens with zero attached hydrogens (tertiary/aromatic N) is 2. The lowest BCUT2D eigenvalue weighted by Gasteiger charge is -1.88. The molecule has 0 saturated heterocycles. The fourth-order valence-electron chi connectivity index (χ4n) is 0.529. The first kappa shape index (κ1) is 7.28. The maximum Gasteiger partial charge on any atom is 0.360 e. The summed E-state index contributed by atoms with van der Waals surface area (Å²) in [6.45, 7) is 0. The normalized spacial score (nSPS) is 8.73. The lowest BCUT2D eigenvalue weighted by atomic mass is 10.4. The van der Waals surface area contributed by atoms with Gasteiger partial charge >= 0.3 is 5.97 Å². The molecular formula is C6H4N2O3. The molecule has 0 aliphatic heterocycles. The molecule has 0 aromatic carbocycles. The lowest BCUT2D eigenvalue weighted by molar-refractivity contribution is 0.0589. The van der Waals surface area contributed by atoms with Crippen molar-refractivity contribution in [2.45, 2.75) is 0 Å². The van der Waals surface area contributed by atoms with Crippen LogP contribution in [0.4, 0.5) is 0 Å². The van der Waals surface area contributed by atoms with Crippen molar-refractivity contribution in [2.24, 2.45) is 0 Å². The van der Waals surface area contributed by atoms with E-state index in [0.717, 1.165) is 0 Å². The summed E-state index contributed by atoms with van der Waals surface area (Å²) >= 11 is 0. The number of hydrogen-bond acceptors (Lipinski definition) is 5. The van der Waals surface area contributed by atoms with Crippen LogP contribution in [0.3, 0.4) is 0 Å². The van der Waals surface area contributed by atoms with E-state index in [1.165, 1.54) is 13.2 Å². The Labute approximate surface area is 62.2 Å². The molecule has 56 valence electrons. The van der Waals surface area contributed by atoms with E-state index in [1.54, 1.807) is 6.07 Å². The number of rotatable bonds is 1. The van der Waals surface area contributed by atoms with Gasteiger partial charge in [0.05, 0.1) is 7.11 Å². The third kappa shape index (κ3) is 1.35. The number of carbonyl (C=O) groups excluding carboxylic acids is 1. The second-order valence-electron chi connectivity index (χ2n) is 1.68. The number of aromatic nitrogens is 1. The Bertz CT molecular complexity index is 310. The van der Waals surface area contributed by atoms with Gasteiger partial charge in [0.1, 0.15) is 6.07 Å². The van der Waals surface area contributed by atoms with Crippen molar-refractivity contribution in [1.82, 2.24) is 5.16 Å². The largest absolute Gasteiger partial charge is 0.464 e. The molecule has 5 nitrogen and oxygen atoms in total. The van der Waals surface area contributed by atoms with Gasteiger partial charge < -0.3 is 9.26 Å². The summed E-state index contributed by atoms with van der Waals surface area (Å²) in [5.74, 6) is -0.624. The Balaban J connectivity index is 2.91. The quantitative estimate of drug-likeness (QED) is 0.542. The van der Waals surface area contributed by atoms with Crippen LogP contribution in [0.25, 0.3) is 0 Å². The van der Waals surface area contributed by atoms with Crippen molar-refractivity contribution in [1.29, 1.82) is 5.26 Å². The van der Waals surface area contributed by atoms with E-state index in [1.807, 2.05) is 0 Å². The van der Waals surface area contributed by atoms with Crippen molar-refractivity contribution in [3.05, 3.63) is 17.5 Å². The molecule has 0 fully saturated rings. The Morgan fingerprint density at radius 1 is 1.91 bits per heavy atom. The molecule has 0 atom stereocenters. The zero-order valence-electron chi connectivity index (χ0n) is 5.70. The molecule has 0 amide bonds. The van der Waals surface area contributed by atoms with Gasteiger partial charge in [-0.2, -0.15) is 5.26 Å². The SMILES string of the molecule is COC(=O)c1cc(C#N)on1. The molecule has 0 aliphatic carbocycles. The minimum Gasteiger partial charge on any atom is -0.464 e. The summed E-state index contributed by atoms with van der Waals surface area (Å²) in [6.07, 6.45) is 0. The van der Waals surface area contributed by atoms with Crippen LogP contribution in [0.2, 0.25) is 0 Å². The van der Waals surface area contributed by atoms with E-state index in [4.69, 9.17) is 5.26 Å². The van der Waals surface area contributed by atoms with Gasteiger partial charge in [-0.05, 0) is 0 Å². The van der Waals surface area contributed by atoms with Crippen LogP contribution < -0.4 is 0 Å². The minimum atomic E-state index is -0.616. The lowest BCUT2D eigenvalue weighted by Crippen LogP contribution is -2.00. The highest BCUT2D eigenvalue weighted by Crippen LogP contribution is 2.02. The molecule has 0 N–H and O–H groups in total. The summed E-state index contributed by atoms with van der Waals surface area (Å²) in [5.41, 5.74) is 0.00375. The number of ether oxygens (including phenoxy) is 1. The first-order chi connectivity index (χ1) is 5.27. The average molecular weight is 152 g/mol. The van der Waals surface area contributed by atoms with Crippen molar-refractivity contribution in [3.63, 3.8) is 0 Å². The predicted molar refractivity (Wildman–Crippen MR) is 32.6 cm³/mol. The number of hydrogen-bond donors (Lipinski definition) is 0. The van der Waals surface area contributed by atoms with Crippen molar-refractivity contribution in [2.75, 3.05) is 7.11 Å². The van der Waals surface area contributed by atoms with E-state index < -0.39 is 5.97 Å². The van der Waals surface area contributed by atoms with Crippen LogP contribution in [0.1, 0.15) is 16.2 Å². The van der Waals surface area contributed by atoms with Gasteiger partial charge in [-0.15, -0.1) is 0 Å². The fraction of sp³-hybridized carbons (Fsp3) is 0.167. The van der Waals surface area contributed by atoms with Crippen LogP contribution >= 0.6 is 0 Å². The number of esters is 1. The van der Waals surface area contributed by atoms with Gasteiger partial charge in [-0.3, -0.25) is 0 Å².